The van der Waals surface area contributed by atoms with Gasteiger partial charge >= 0.3 is 0 Å². The second kappa shape index (κ2) is 6.55. The van der Waals surface area contributed by atoms with Gasteiger partial charge < -0.3 is 15.3 Å². The van der Waals surface area contributed by atoms with E-state index in [-0.39, 0.29) is 5.54 Å². The monoisotopic (exact) mass is 268 g/mol. The number of aliphatic hydroxyl groups excluding tert-OH is 1. The summed E-state index contributed by atoms with van der Waals surface area (Å²) in [4.78, 5) is 2.69. The first-order valence-corrected chi connectivity index (χ1v) is 8.20. The number of hydrogen-bond acceptors (Lipinski definition) is 3. The van der Waals surface area contributed by atoms with Crippen LogP contribution in [0.3, 0.4) is 0 Å². The van der Waals surface area contributed by atoms with Crippen LogP contribution in [-0.4, -0.2) is 47.8 Å². The molecule has 1 aliphatic carbocycles. The molecule has 112 valence electrons. The second-order valence-electron chi connectivity index (χ2n) is 7.05. The molecule has 1 saturated carbocycles. The van der Waals surface area contributed by atoms with Gasteiger partial charge in [0, 0.05) is 18.1 Å². The van der Waals surface area contributed by atoms with E-state index < -0.39 is 0 Å². The number of nitrogens with zero attached hydrogens (tertiary/aromatic N) is 1. The van der Waals surface area contributed by atoms with Crippen molar-refractivity contribution in [1.29, 1.82) is 0 Å². The molecule has 3 nitrogen and oxygen atoms in total. The van der Waals surface area contributed by atoms with Crippen LogP contribution in [0.1, 0.15) is 52.9 Å². The predicted molar refractivity (Wildman–Crippen MR) is 80.3 cm³/mol. The highest BCUT2D eigenvalue weighted by molar-refractivity contribution is 5.00. The SMILES string of the molecule is CCCNC1(CO)CCC(N2CCC(C(C)C)C2)C1. The summed E-state index contributed by atoms with van der Waals surface area (Å²) in [5, 5.41) is 13.4. The molecule has 0 amide bonds. The number of nitrogens with one attached hydrogen (secondary N) is 1. The largest absolute Gasteiger partial charge is 0.394 e. The van der Waals surface area contributed by atoms with Crippen molar-refractivity contribution in [2.24, 2.45) is 11.8 Å². The zero-order chi connectivity index (χ0) is 13.9. The zero-order valence-electron chi connectivity index (χ0n) is 13.0. The summed E-state index contributed by atoms with van der Waals surface area (Å²) in [6.45, 7) is 10.8. The minimum atomic E-state index is 0.0105. The van der Waals surface area contributed by atoms with Crippen molar-refractivity contribution in [3.05, 3.63) is 0 Å². The Kier molecular flexibility index (Phi) is 5.27. The van der Waals surface area contributed by atoms with Crippen LogP contribution in [-0.2, 0) is 0 Å². The van der Waals surface area contributed by atoms with Crippen molar-refractivity contribution >= 4 is 0 Å². The topological polar surface area (TPSA) is 35.5 Å². The summed E-state index contributed by atoms with van der Waals surface area (Å²) in [5.74, 6) is 1.69. The normalized spacial score (nSPS) is 36.5. The highest BCUT2D eigenvalue weighted by Gasteiger charge is 2.42. The molecule has 3 atom stereocenters. The Morgan fingerprint density at radius 1 is 1.37 bits per heavy atom. The average molecular weight is 268 g/mol. The van der Waals surface area contributed by atoms with E-state index in [1.807, 2.05) is 0 Å². The number of hydrogen-bond donors (Lipinski definition) is 2. The molecule has 1 heterocycles. The van der Waals surface area contributed by atoms with Gasteiger partial charge in [-0.15, -0.1) is 0 Å². The van der Waals surface area contributed by atoms with Crippen LogP contribution >= 0.6 is 0 Å². The molecule has 0 spiro atoms. The third-order valence-electron chi connectivity index (χ3n) is 5.35. The molecular formula is C16H32N2O. The first kappa shape index (κ1) is 15.3. The molecule has 2 fully saturated rings. The molecule has 3 unspecified atom stereocenters. The van der Waals surface area contributed by atoms with Crippen molar-refractivity contribution in [3.63, 3.8) is 0 Å². The molecule has 0 aromatic carbocycles. The van der Waals surface area contributed by atoms with E-state index in [0.717, 1.165) is 37.6 Å². The van der Waals surface area contributed by atoms with Gasteiger partial charge in [0.25, 0.3) is 0 Å². The molecule has 2 aliphatic rings. The summed E-state index contributed by atoms with van der Waals surface area (Å²) >= 11 is 0. The Balaban J connectivity index is 1.87. The lowest BCUT2D eigenvalue weighted by Gasteiger charge is -2.31. The summed E-state index contributed by atoms with van der Waals surface area (Å²) in [6.07, 6.45) is 6.03. The van der Waals surface area contributed by atoms with Gasteiger partial charge in [0.15, 0.2) is 0 Å². The maximum absolute atomic E-state index is 9.76. The van der Waals surface area contributed by atoms with Crippen LogP contribution in [0, 0.1) is 11.8 Å². The number of aliphatic hydroxyl groups is 1. The minimum absolute atomic E-state index is 0.0105. The maximum Gasteiger partial charge on any atom is 0.0613 e. The molecular weight excluding hydrogens is 236 g/mol. The summed E-state index contributed by atoms with van der Waals surface area (Å²) in [6, 6.07) is 0.695. The molecule has 2 N–H and O–H groups in total. The Hall–Kier alpha value is -0.120. The molecule has 2 rings (SSSR count). The lowest BCUT2D eigenvalue weighted by molar-refractivity contribution is 0.148. The Morgan fingerprint density at radius 3 is 2.74 bits per heavy atom. The van der Waals surface area contributed by atoms with Crippen LogP contribution < -0.4 is 5.32 Å². The van der Waals surface area contributed by atoms with Gasteiger partial charge in [-0.05, 0) is 57.0 Å². The maximum atomic E-state index is 9.76. The third-order valence-corrected chi connectivity index (χ3v) is 5.35. The van der Waals surface area contributed by atoms with Crippen molar-refractivity contribution in [3.8, 4) is 0 Å². The van der Waals surface area contributed by atoms with E-state index in [2.05, 4.69) is 31.0 Å². The molecule has 1 aliphatic heterocycles. The fourth-order valence-electron chi connectivity index (χ4n) is 3.85. The van der Waals surface area contributed by atoms with Gasteiger partial charge in [-0.25, -0.2) is 0 Å². The lowest BCUT2D eigenvalue weighted by atomic mass is 9.95. The lowest BCUT2D eigenvalue weighted by Crippen LogP contribution is -2.48. The van der Waals surface area contributed by atoms with Gasteiger partial charge in [0.05, 0.1) is 6.61 Å². The van der Waals surface area contributed by atoms with E-state index in [9.17, 15) is 5.11 Å². The number of rotatable bonds is 6. The highest BCUT2D eigenvalue weighted by atomic mass is 16.3. The van der Waals surface area contributed by atoms with Gasteiger partial charge in [-0.3, -0.25) is 0 Å². The van der Waals surface area contributed by atoms with Crippen molar-refractivity contribution in [2.75, 3.05) is 26.2 Å². The Morgan fingerprint density at radius 2 is 2.16 bits per heavy atom. The summed E-state index contributed by atoms with van der Waals surface area (Å²) in [5.41, 5.74) is 0.0105. The Bertz CT molecular complexity index is 282. The van der Waals surface area contributed by atoms with Crippen LogP contribution in [0.15, 0.2) is 0 Å². The Labute approximate surface area is 118 Å². The summed E-state index contributed by atoms with van der Waals surface area (Å²) in [7, 11) is 0. The quantitative estimate of drug-likeness (QED) is 0.775. The summed E-state index contributed by atoms with van der Waals surface area (Å²) < 4.78 is 0. The minimum Gasteiger partial charge on any atom is -0.394 e. The second-order valence-corrected chi connectivity index (χ2v) is 7.05. The zero-order valence-corrected chi connectivity index (χ0v) is 13.0. The van der Waals surface area contributed by atoms with Gasteiger partial charge in [-0.2, -0.15) is 0 Å². The fourth-order valence-corrected chi connectivity index (χ4v) is 3.85. The van der Waals surface area contributed by atoms with E-state index in [4.69, 9.17) is 0 Å². The van der Waals surface area contributed by atoms with Gasteiger partial charge in [0.1, 0.15) is 0 Å². The first-order chi connectivity index (χ1) is 9.10. The molecule has 0 aromatic heterocycles. The molecule has 0 bridgehead atoms. The van der Waals surface area contributed by atoms with Crippen LogP contribution in [0.2, 0.25) is 0 Å². The van der Waals surface area contributed by atoms with Gasteiger partial charge in [-0.1, -0.05) is 20.8 Å². The average Bonchev–Trinajstić information content (AvgIpc) is 3.04. The molecule has 0 aromatic rings. The van der Waals surface area contributed by atoms with Gasteiger partial charge in [0.2, 0.25) is 0 Å². The van der Waals surface area contributed by atoms with Crippen LogP contribution in [0.4, 0.5) is 0 Å². The highest BCUT2D eigenvalue weighted by Crippen LogP contribution is 2.36. The predicted octanol–water partition coefficient (Wildman–Crippen LogP) is 2.25. The molecule has 3 heteroatoms. The third kappa shape index (κ3) is 3.50. The fraction of sp³-hybridized carbons (Fsp3) is 1.00. The van der Waals surface area contributed by atoms with Crippen LogP contribution in [0.5, 0.6) is 0 Å². The van der Waals surface area contributed by atoms with Crippen molar-refractivity contribution in [2.45, 2.75) is 64.5 Å². The first-order valence-electron chi connectivity index (χ1n) is 8.20. The van der Waals surface area contributed by atoms with E-state index in [1.165, 1.54) is 25.9 Å². The van der Waals surface area contributed by atoms with E-state index in [0.29, 0.717) is 12.6 Å². The smallest absolute Gasteiger partial charge is 0.0613 e. The van der Waals surface area contributed by atoms with Crippen LogP contribution in [0.25, 0.3) is 0 Å². The van der Waals surface area contributed by atoms with Crippen molar-refractivity contribution < 1.29 is 5.11 Å². The molecule has 0 radical (unpaired) electrons. The standard InChI is InChI=1S/C16H32N2O/c1-4-8-17-16(12-19)7-5-15(10-16)18-9-6-14(11-18)13(2)3/h13-15,17,19H,4-12H2,1-3H3. The van der Waals surface area contributed by atoms with E-state index >= 15 is 0 Å². The van der Waals surface area contributed by atoms with E-state index in [1.54, 1.807) is 0 Å². The van der Waals surface area contributed by atoms with Crippen molar-refractivity contribution in [1.82, 2.24) is 10.2 Å². The molecule has 19 heavy (non-hydrogen) atoms. The number of likely N-dealkylation sites (tertiary alicyclic amines) is 1. The molecule has 1 saturated heterocycles.